The van der Waals surface area contributed by atoms with Crippen molar-refractivity contribution in [1.29, 1.82) is 0 Å². The molecule has 2 rings (SSSR count). The molecule has 0 aliphatic heterocycles. The van der Waals surface area contributed by atoms with Crippen molar-refractivity contribution < 1.29 is 8.42 Å². The largest absolute Gasteiger partial charge is 0.370 e. The zero-order chi connectivity index (χ0) is 12.5. The van der Waals surface area contributed by atoms with Crippen molar-refractivity contribution in [3.8, 4) is 0 Å². The van der Waals surface area contributed by atoms with Crippen molar-refractivity contribution >= 4 is 15.8 Å². The van der Waals surface area contributed by atoms with Crippen LogP contribution in [0.2, 0.25) is 0 Å². The lowest BCUT2D eigenvalue weighted by atomic mass is 10.4. The number of sulfonamides is 1. The third-order valence-electron chi connectivity index (χ3n) is 2.79. The maximum atomic E-state index is 12.0. The Balaban J connectivity index is 2.15. The van der Waals surface area contributed by atoms with Gasteiger partial charge in [-0.3, -0.25) is 0 Å². The van der Waals surface area contributed by atoms with Gasteiger partial charge in [0.05, 0.1) is 0 Å². The molecule has 1 aromatic rings. The molecule has 1 saturated carbocycles. The minimum Gasteiger partial charge on any atom is -0.370 e. The molecular formula is C11H17N3O2S. The first-order chi connectivity index (χ1) is 7.95. The summed E-state index contributed by atoms with van der Waals surface area (Å²) in [7, 11) is -3.43. The van der Waals surface area contributed by atoms with Crippen LogP contribution in [0.1, 0.15) is 26.7 Å². The predicted octanol–water partition coefficient (Wildman–Crippen LogP) is 1.34. The number of rotatable bonds is 5. The van der Waals surface area contributed by atoms with Gasteiger partial charge in [-0.15, -0.1) is 0 Å². The monoisotopic (exact) mass is 255 g/mol. The molecule has 1 aromatic heterocycles. The number of aromatic nitrogens is 1. The molecule has 0 bridgehead atoms. The van der Waals surface area contributed by atoms with Crippen LogP contribution >= 0.6 is 0 Å². The summed E-state index contributed by atoms with van der Waals surface area (Å²) in [5.41, 5.74) is -0.251. The van der Waals surface area contributed by atoms with E-state index in [9.17, 15) is 8.42 Å². The van der Waals surface area contributed by atoms with Crippen molar-refractivity contribution in [2.24, 2.45) is 0 Å². The number of hydrogen-bond acceptors (Lipinski definition) is 4. The average molecular weight is 255 g/mol. The van der Waals surface area contributed by atoms with Gasteiger partial charge in [0.1, 0.15) is 10.7 Å². The molecular weight excluding hydrogens is 238 g/mol. The number of pyridine rings is 1. The molecule has 0 saturated heterocycles. The lowest BCUT2D eigenvalue weighted by Crippen LogP contribution is -2.34. The molecule has 94 valence electrons. The molecule has 1 heterocycles. The summed E-state index contributed by atoms with van der Waals surface area (Å²) < 4.78 is 26.7. The van der Waals surface area contributed by atoms with E-state index in [2.05, 4.69) is 15.0 Å². The molecule has 1 aliphatic rings. The second kappa shape index (κ2) is 4.27. The summed E-state index contributed by atoms with van der Waals surface area (Å²) in [6.07, 6.45) is 3.18. The highest BCUT2D eigenvalue weighted by Gasteiger charge is 2.41. The predicted molar refractivity (Wildman–Crippen MR) is 66.4 cm³/mol. The van der Waals surface area contributed by atoms with E-state index in [0.717, 1.165) is 19.4 Å². The Morgan fingerprint density at radius 2 is 2.12 bits per heavy atom. The van der Waals surface area contributed by atoms with Crippen LogP contribution in [0.3, 0.4) is 0 Å². The molecule has 1 fully saturated rings. The van der Waals surface area contributed by atoms with Gasteiger partial charge in [-0.25, -0.2) is 18.1 Å². The van der Waals surface area contributed by atoms with Crippen LogP contribution in [0.5, 0.6) is 0 Å². The van der Waals surface area contributed by atoms with E-state index in [1.165, 1.54) is 6.20 Å². The summed E-state index contributed by atoms with van der Waals surface area (Å²) >= 11 is 0. The van der Waals surface area contributed by atoms with Gasteiger partial charge in [-0.1, -0.05) is 0 Å². The molecule has 2 N–H and O–H groups in total. The highest BCUT2D eigenvalue weighted by molar-refractivity contribution is 7.89. The summed E-state index contributed by atoms with van der Waals surface area (Å²) in [6, 6.07) is 3.24. The van der Waals surface area contributed by atoms with Gasteiger partial charge in [-0.2, -0.15) is 0 Å². The molecule has 0 spiro atoms. The van der Waals surface area contributed by atoms with Crippen molar-refractivity contribution in [1.82, 2.24) is 9.71 Å². The van der Waals surface area contributed by atoms with Gasteiger partial charge in [0.2, 0.25) is 10.0 Å². The van der Waals surface area contributed by atoms with E-state index in [1.54, 1.807) is 12.1 Å². The van der Waals surface area contributed by atoms with Crippen LogP contribution < -0.4 is 10.0 Å². The van der Waals surface area contributed by atoms with Crippen LogP contribution in [-0.4, -0.2) is 25.5 Å². The number of nitrogens with one attached hydrogen (secondary N) is 2. The zero-order valence-electron chi connectivity index (χ0n) is 10.0. The van der Waals surface area contributed by atoms with Crippen molar-refractivity contribution in [2.75, 3.05) is 11.9 Å². The third kappa shape index (κ3) is 2.95. The van der Waals surface area contributed by atoms with E-state index >= 15 is 0 Å². The molecule has 0 aromatic carbocycles. The fourth-order valence-corrected chi connectivity index (χ4v) is 2.91. The summed E-state index contributed by atoms with van der Waals surface area (Å²) in [5, 5.41) is 3.02. The van der Waals surface area contributed by atoms with Crippen LogP contribution in [0.25, 0.3) is 0 Å². The normalized spacial score (nSPS) is 17.8. The van der Waals surface area contributed by atoms with Gasteiger partial charge in [0, 0.05) is 18.3 Å². The molecule has 0 unspecified atom stereocenters. The Morgan fingerprint density at radius 3 is 2.59 bits per heavy atom. The second-order valence-electron chi connectivity index (χ2n) is 4.58. The van der Waals surface area contributed by atoms with Crippen molar-refractivity contribution in [3.63, 3.8) is 0 Å². The van der Waals surface area contributed by atoms with E-state index in [4.69, 9.17) is 0 Å². The maximum Gasteiger partial charge on any atom is 0.242 e. The first-order valence-electron chi connectivity index (χ1n) is 5.69. The highest BCUT2D eigenvalue weighted by Crippen LogP contribution is 2.35. The fraction of sp³-hybridized carbons (Fsp3) is 0.545. The fourth-order valence-electron chi connectivity index (χ4n) is 1.50. The molecule has 17 heavy (non-hydrogen) atoms. The highest BCUT2D eigenvalue weighted by atomic mass is 32.2. The Bertz CT molecular complexity index is 492. The molecule has 0 amide bonds. The number of anilines is 1. The minimum atomic E-state index is -3.43. The zero-order valence-corrected chi connectivity index (χ0v) is 10.8. The van der Waals surface area contributed by atoms with Crippen LogP contribution in [-0.2, 0) is 10.0 Å². The van der Waals surface area contributed by atoms with E-state index in [0.29, 0.717) is 5.82 Å². The summed E-state index contributed by atoms with van der Waals surface area (Å²) in [5.74, 6) is 0.684. The Kier molecular flexibility index (Phi) is 3.09. The summed E-state index contributed by atoms with van der Waals surface area (Å²) in [4.78, 5) is 4.27. The van der Waals surface area contributed by atoms with Crippen LogP contribution in [0, 0.1) is 0 Å². The quantitative estimate of drug-likeness (QED) is 0.833. The van der Waals surface area contributed by atoms with Crippen molar-refractivity contribution in [2.45, 2.75) is 37.1 Å². The second-order valence-corrected chi connectivity index (χ2v) is 6.26. The number of nitrogens with zero attached hydrogens (tertiary/aromatic N) is 1. The van der Waals surface area contributed by atoms with Gasteiger partial charge < -0.3 is 5.32 Å². The van der Waals surface area contributed by atoms with Gasteiger partial charge >= 0.3 is 0 Å². The standard InChI is InChI=1S/C11H17N3O2S/c1-3-12-10-5-4-9(8-13-10)17(15,16)14-11(2)6-7-11/h4-5,8,14H,3,6-7H2,1-2H3,(H,12,13). The first kappa shape index (κ1) is 12.3. The number of hydrogen-bond donors (Lipinski definition) is 2. The molecule has 5 nitrogen and oxygen atoms in total. The molecule has 0 radical (unpaired) electrons. The Hall–Kier alpha value is -1.14. The minimum absolute atomic E-state index is 0.215. The molecule has 0 atom stereocenters. The van der Waals surface area contributed by atoms with Gasteiger partial charge in [-0.05, 0) is 38.8 Å². The lowest BCUT2D eigenvalue weighted by Gasteiger charge is -2.12. The lowest BCUT2D eigenvalue weighted by molar-refractivity contribution is 0.557. The maximum absolute atomic E-state index is 12.0. The van der Waals surface area contributed by atoms with Gasteiger partial charge in [0.15, 0.2) is 0 Å². The van der Waals surface area contributed by atoms with E-state index in [-0.39, 0.29) is 10.4 Å². The van der Waals surface area contributed by atoms with E-state index in [1.807, 2.05) is 13.8 Å². The molecule has 1 aliphatic carbocycles. The SMILES string of the molecule is CCNc1ccc(S(=O)(=O)NC2(C)CC2)cn1. The topological polar surface area (TPSA) is 71.1 Å². The smallest absolute Gasteiger partial charge is 0.242 e. The van der Waals surface area contributed by atoms with Crippen molar-refractivity contribution in [3.05, 3.63) is 18.3 Å². The van der Waals surface area contributed by atoms with Crippen LogP contribution in [0.15, 0.2) is 23.2 Å². The van der Waals surface area contributed by atoms with E-state index < -0.39 is 10.0 Å². The molecule has 6 heteroatoms. The Labute approximate surface area is 102 Å². The summed E-state index contributed by atoms with van der Waals surface area (Å²) in [6.45, 7) is 4.63. The third-order valence-corrected chi connectivity index (χ3v) is 4.41. The Morgan fingerprint density at radius 1 is 1.41 bits per heavy atom. The van der Waals surface area contributed by atoms with Crippen LogP contribution in [0.4, 0.5) is 5.82 Å². The average Bonchev–Trinajstić information content (AvgIpc) is 2.96. The van der Waals surface area contributed by atoms with Gasteiger partial charge in [0.25, 0.3) is 0 Å². The first-order valence-corrected chi connectivity index (χ1v) is 7.17.